The van der Waals surface area contributed by atoms with E-state index in [0.717, 1.165) is 11.4 Å². The van der Waals surface area contributed by atoms with Crippen LogP contribution in [-0.2, 0) is 13.5 Å². The van der Waals surface area contributed by atoms with Crippen molar-refractivity contribution in [2.75, 3.05) is 0 Å². The normalized spacial score (nSPS) is 12.7. The van der Waals surface area contributed by atoms with Crippen LogP contribution in [0.5, 0.6) is 0 Å². The van der Waals surface area contributed by atoms with Crippen molar-refractivity contribution in [3.8, 4) is 0 Å². The molecular formula is C13H15BrFN3. The smallest absolute Gasteiger partial charge is 0.129 e. The minimum absolute atomic E-state index is 0.282. The Balaban J connectivity index is 2.21. The van der Waals surface area contributed by atoms with E-state index in [-0.39, 0.29) is 11.9 Å². The first-order chi connectivity index (χ1) is 8.47. The highest BCUT2D eigenvalue weighted by Crippen LogP contribution is 2.22. The van der Waals surface area contributed by atoms with Crippen LogP contribution in [0, 0.1) is 12.7 Å². The van der Waals surface area contributed by atoms with Gasteiger partial charge in [-0.15, -0.1) is 0 Å². The monoisotopic (exact) mass is 311 g/mol. The van der Waals surface area contributed by atoms with Gasteiger partial charge >= 0.3 is 0 Å². The van der Waals surface area contributed by atoms with E-state index in [1.54, 1.807) is 16.8 Å². The Bertz CT molecular complexity index is 565. The number of benzene rings is 1. The predicted molar refractivity (Wildman–Crippen MR) is 72.7 cm³/mol. The van der Waals surface area contributed by atoms with Crippen molar-refractivity contribution in [3.63, 3.8) is 0 Å². The molecule has 2 N–H and O–H groups in total. The highest BCUT2D eigenvalue weighted by molar-refractivity contribution is 9.10. The Morgan fingerprint density at radius 3 is 2.72 bits per heavy atom. The number of halogens is 2. The number of hydrogen-bond acceptors (Lipinski definition) is 2. The third-order valence-corrected chi connectivity index (χ3v) is 3.38. The molecule has 1 aromatic heterocycles. The zero-order valence-electron chi connectivity index (χ0n) is 10.3. The zero-order chi connectivity index (χ0) is 13.3. The maximum Gasteiger partial charge on any atom is 0.129 e. The molecular weight excluding hydrogens is 297 g/mol. The number of rotatable bonds is 3. The van der Waals surface area contributed by atoms with E-state index in [1.807, 2.05) is 20.0 Å². The largest absolute Gasteiger partial charge is 0.324 e. The van der Waals surface area contributed by atoms with Crippen molar-refractivity contribution in [2.45, 2.75) is 19.4 Å². The summed E-state index contributed by atoms with van der Waals surface area (Å²) >= 11 is 3.23. The van der Waals surface area contributed by atoms with Crippen LogP contribution in [0.4, 0.5) is 4.39 Å². The first kappa shape index (κ1) is 13.2. The van der Waals surface area contributed by atoms with Gasteiger partial charge in [-0.2, -0.15) is 5.10 Å². The summed E-state index contributed by atoms with van der Waals surface area (Å²) in [4.78, 5) is 0. The summed E-state index contributed by atoms with van der Waals surface area (Å²) in [6.45, 7) is 1.93. The van der Waals surface area contributed by atoms with E-state index in [2.05, 4.69) is 21.0 Å². The van der Waals surface area contributed by atoms with Gasteiger partial charge in [0.1, 0.15) is 5.82 Å². The SMILES string of the molecule is Cc1cc(CC(N)c2ccc(Br)cc2F)n(C)n1. The van der Waals surface area contributed by atoms with Crippen LogP contribution in [0.25, 0.3) is 0 Å². The molecule has 96 valence electrons. The molecule has 1 aromatic carbocycles. The lowest BCUT2D eigenvalue weighted by molar-refractivity contribution is 0.568. The highest BCUT2D eigenvalue weighted by Gasteiger charge is 2.14. The van der Waals surface area contributed by atoms with E-state index < -0.39 is 0 Å². The molecule has 0 saturated carbocycles. The van der Waals surface area contributed by atoms with Crippen molar-refractivity contribution < 1.29 is 4.39 Å². The first-order valence-electron chi connectivity index (χ1n) is 5.67. The molecule has 1 atom stereocenters. The third kappa shape index (κ3) is 2.79. The molecule has 0 radical (unpaired) electrons. The molecule has 0 bridgehead atoms. The maximum absolute atomic E-state index is 13.8. The third-order valence-electron chi connectivity index (χ3n) is 2.89. The Hall–Kier alpha value is -1.20. The minimum Gasteiger partial charge on any atom is -0.324 e. The topological polar surface area (TPSA) is 43.8 Å². The molecule has 0 fully saturated rings. The number of aromatic nitrogens is 2. The molecule has 0 aliphatic rings. The van der Waals surface area contributed by atoms with Gasteiger partial charge in [0.15, 0.2) is 0 Å². The van der Waals surface area contributed by atoms with Gasteiger partial charge in [-0.3, -0.25) is 4.68 Å². The van der Waals surface area contributed by atoms with Gasteiger partial charge in [0.2, 0.25) is 0 Å². The second kappa shape index (κ2) is 5.20. The highest BCUT2D eigenvalue weighted by atomic mass is 79.9. The van der Waals surface area contributed by atoms with E-state index in [4.69, 9.17) is 5.73 Å². The Kier molecular flexibility index (Phi) is 3.82. The van der Waals surface area contributed by atoms with Crippen molar-refractivity contribution >= 4 is 15.9 Å². The fraction of sp³-hybridized carbons (Fsp3) is 0.308. The second-order valence-electron chi connectivity index (χ2n) is 4.38. The molecule has 0 aliphatic carbocycles. The lowest BCUT2D eigenvalue weighted by Gasteiger charge is -2.13. The maximum atomic E-state index is 13.8. The van der Waals surface area contributed by atoms with Crippen LogP contribution in [0.1, 0.15) is 23.0 Å². The molecule has 0 amide bonds. The van der Waals surface area contributed by atoms with Crippen LogP contribution >= 0.6 is 15.9 Å². The van der Waals surface area contributed by atoms with E-state index in [0.29, 0.717) is 16.5 Å². The van der Waals surface area contributed by atoms with Crippen molar-refractivity contribution in [1.82, 2.24) is 9.78 Å². The molecule has 0 spiro atoms. The van der Waals surface area contributed by atoms with Crippen molar-refractivity contribution in [3.05, 3.63) is 51.5 Å². The average Bonchev–Trinajstić information content (AvgIpc) is 2.57. The quantitative estimate of drug-likeness (QED) is 0.947. The fourth-order valence-electron chi connectivity index (χ4n) is 1.99. The molecule has 2 rings (SSSR count). The lowest BCUT2D eigenvalue weighted by Crippen LogP contribution is -2.16. The summed E-state index contributed by atoms with van der Waals surface area (Å²) < 4.78 is 16.3. The Morgan fingerprint density at radius 2 is 2.17 bits per heavy atom. The zero-order valence-corrected chi connectivity index (χ0v) is 11.9. The summed E-state index contributed by atoms with van der Waals surface area (Å²) in [5.74, 6) is -0.282. The van der Waals surface area contributed by atoms with Gasteiger partial charge in [0, 0.05) is 35.2 Å². The van der Waals surface area contributed by atoms with Crippen LogP contribution in [0.3, 0.4) is 0 Å². The van der Waals surface area contributed by atoms with Gasteiger partial charge in [-0.05, 0) is 25.1 Å². The van der Waals surface area contributed by atoms with Crippen LogP contribution < -0.4 is 5.73 Å². The second-order valence-corrected chi connectivity index (χ2v) is 5.29. The average molecular weight is 312 g/mol. The molecule has 3 nitrogen and oxygen atoms in total. The Morgan fingerprint density at radius 1 is 1.44 bits per heavy atom. The van der Waals surface area contributed by atoms with Gasteiger partial charge in [-0.1, -0.05) is 22.0 Å². The van der Waals surface area contributed by atoms with Gasteiger partial charge in [0.25, 0.3) is 0 Å². The molecule has 0 saturated heterocycles. The number of nitrogens with zero attached hydrogens (tertiary/aromatic N) is 2. The van der Waals surface area contributed by atoms with E-state index in [1.165, 1.54) is 6.07 Å². The summed E-state index contributed by atoms with van der Waals surface area (Å²) in [7, 11) is 1.87. The van der Waals surface area contributed by atoms with Gasteiger partial charge in [0.05, 0.1) is 5.69 Å². The fourth-order valence-corrected chi connectivity index (χ4v) is 2.33. The predicted octanol–water partition coefficient (Wildman–Crippen LogP) is 2.87. The van der Waals surface area contributed by atoms with Gasteiger partial charge < -0.3 is 5.73 Å². The standard InChI is InChI=1S/C13H15BrFN3/c1-8-5-10(18(2)17-8)7-13(16)11-4-3-9(14)6-12(11)15/h3-6,13H,7,16H2,1-2H3. The summed E-state index contributed by atoms with van der Waals surface area (Å²) in [5, 5.41) is 4.25. The lowest BCUT2D eigenvalue weighted by atomic mass is 10.0. The molecule has 5 heteroatoms. The Labute approximate surface area is 114 Å². The molecule has 18 heavy (non-hydrogen) atoms. The summed E-state index contributed by atoms with van der Waals surface area (Å²) in [6.07, 6.45) is 0.565. The first-order valence-corrected chi connectivity index (χ1v) is 6.46. The summed E-state index contributed by atoms with van der Waals surface area (Å²) in [5.41, 5.74) is 8.53. The molecule has 2 aromatic rings. The van der Waals surface area contributed by atoms with E-state index >= 15 is 0 Å². The number of hydrogen-bond donors (Lipinski definition) is 1. The van der Waals surface area contributed by atoms with E-state index in [9.17, 15) is 4.39 Å². The van der Waals surface area contributed by atoms with Crippen molar-refractivity contribution in [2.24, 2.45) is 12.8 Å². The van der Waals surface area contributed by atoms with Crippen LogP contribution in [0.2, 0.25) is 0 Å². The van der Waals surface area contributed by atoms with Crippen molar-refractivity contribution in [1.29, 1.82) is 0 Å². The summed E-state index contributed by atoms with van der Waals surface area (Å²) in [6, 6.07) is 6.55. The minimum atomic E-state index is -0.368. The molecule has 1 heterocycles. The van der Waals surface area contributed by atoms with Crippen LogP contribution in [-0.4, -0.2) is 9.78 Å². The molecule has 0 aliphatic heterocycles. The molecule has 1 unspecified atom stereocenters. The van der Waals surface area contributed by atoms with Gasteiger partial charge in [-0.25, -0.2) is 4.39 Å². The van der Waals surface area contributed by atoms with Crippen LogP contribution in [0.15, 0.2) is 28.7 Å². The number of nitrogens with two attached hydrogens (primary N) is 1. The number of aryl methyl sites for hydroxylation is 2.